The molecule has 186 valence electrons. The molecule has 0 nitrogen and oxygen atoms in total. The molecule has 4 rings (SSSR count). The van der Waals surface area contributed by atoms with E-state index in [-0.39, 0.29) is 22.6 Å². The van der Waals surface area contributed by atoms with Gasteiger partial charge in [0.05, 0.1) is 0 Å². The molecule has 1 saturated carbocycles. The fourth-order valence-electron chi connectivity index (χ4n) is 5.12. The number of alkyl halides is 2. The Labute approximate surface area is 202 Å². The van der Waals surface area contributed by atoms with Crippen molar-refractivity contribution in [2.24, 2.45) is 5.92 Å². The topological polar surface area (TPSA) is 0 Å². The smallest absolute Gasteiger partial charge is 0.206 e. The van der Waals surface area contributed by atoms with Gasteiger partial charge in [-0.1, -0.05) is 49.7 Å². The fraction of sp³-hybridized carbons (Fsp3) is 0.379. The minimum Gasteiger partial charge on any atom is -0.206 e. The van der Waals surface area contributed by atoms with E-state index >= 15 is 8.78 Å². The van der Waals surface area contributed by atoms with E-state index in [1.54, 1.807) is 0 Å². The molecule has 35 heavy (non-hydrogen) atoms. The van der Waals surface area contributed by atoms with E-state index in [2.05, 4.69) is 31.2 Å². The molecular weight excluding hydrogens is 462 g/mol. The van der Waals surface area contributed by atoms with Gasteiger partial charge < -0.3 is 0 Å². The second-order valence-electron chi connectivity index (χ2n) is 9.55. The maximum Gasteiger partial charge on any atom is 0.254 e. The highest BCUT2D eigenvalue weighted by Crippen LogP contribution is 2.44. The Bertz CT molecular complexity index is 1140. The minimum atomic E-state index is -3.00. The molecule has 3 aromatic rings. The summed E-state index contributed by atoms with van der Waals surface area (Å²) in [6.45, 7) is 2.13. The SMILES string of the molecule is CCCc1ccc(C2CCC(C(F)(F)Cc3ccc(-c4cc(F)c(F)c(F)c4)c(F)c3)CC2)cc1. The second kappa shape index (κ2) is 10.5. The second-order valence-corrected chi connectivity index (χ2v) is 9.55. The van der Waals surface area contributed by atoms with Crippen LogP contribution in [0.2, 0.25) is 0 Å². The Morgan fingerprint density at radius 2 is 1.34 bits per heavy atom. The number of rotatable bonds is 7. The van der Waals surface area contributed by atoms with Crippen molar-refractivity contribution in [2.75, 3.05) is 0 Å². The molecule has 0 amide bonds. The summed E-state index contributed by atoms with van der Waals surface area (Å²) >= 11 is 0. The average molecular weight is 491 g/mol. The van der Waals surface area contributed by atoms with Crippen molar-refractivity contribution in [3.8, 4) is 11.1 Å². The molecule has 0 heterocycles. The summed E-state index contributed by atoms with van der Waals surface area (Å²) in [6.07, 6.45) is 3.64. The molecule has 1 aliphatic rings. The fourth-order valence-corrected chi connectivity index (χ4v) is 5.12. The predicted molar refractivity (Wildman–Crippen MR) is 125 cm³/mol. The van der Waals surface area contributed by atoms with Crippen LogP contribution in [0.3, 0.4) is 0 Å². The number of hydrogen-bond donors (Lipinski definition) is 0. The van der Waals surface area contributed by atoms with Gasteiger partial charge >= 0.3 is 0 Å². The number of aryl methyl sites for hydroxylation is 1. The van der Waals surface area contributed by atoms with Crippen molar-refractivity contribution < 1.29 is 26.3 Å². The van der Waals surface area contributed by atoms with Crippen molar-refractivity contribution in [1.29, 1.82) is 0 Å². The summed E-state index contributed by atoms with van der Waals surface area (Å²) in [5.74, 6) is -8.94. The molecule has 1 fully saturated rings. The van der Waals surface area contributed by atoms with Gasteiger partial charge in [-0.3, -0.25) is 0 Å². The molecule has 6 heteroatoms. The van der Waals surface area contributed by atoms with Gasteiger partial charge in [-0.05, 0) is 78.5 Å². The highest BCUT2D eigenvalue weighted by atomic mass is 19.3. The van der Waals surface area contributed by atoms with E-state index in [1.807, 2.05) is 0 Å². The lowest BCUT2D eigenvalue weighted by Gasteiger charge is -2.34. The van der Waals surface area contributed by atoms with Gasteiger partial charge in [-0.15, -0.1) is 0 Å². The maximum absolute atomic E-state index is 15.1. The van der Waals surface area contributed by atoms with Crippen LogP contribution < -0.4 is 0 Å². The quantitative estimate of drug-likeness (QED) is 0.229. The number of benzene rings is 3. The van der Waals surface area contributed by atoms with Crippen LogP contribution in [0.5, 0.6) is 0 Å². The van der Waals surface area contributed by atoms with Crippen molar-refractivity contribution in [3.05, 3.63) is 94.6 Å². The molecule has 0 N–H and O–H groups in total. The van der Waals surface area contributed by atoms with E-state index < -0.39 is 41.5 Å². The summed E-state index contributed by atoms with van der Waals surface area (Å²) in [6, 6.07) is 13.3. The van der Waals surface area contributed by atoms with Gasteiger partial charge in [0, 0.05) is 17.9 Å². The van der Waals surface area contributed by atoms with Gasteiger partial charge in [0.2, 0.25) is 0 Å². The maximum atomic E-state index is 15.1. The molecule has 0 aliphatic heterocycles. The summed E-state index contributed by atoms with van der Waals surface area (Å²) in [5.41, 5.74) is 2.20. The van der Waals surface area contributed by atoms with Crippen LogP contribution in [-0.4, -0.2) is 5.92 Å². The van der Waals surface area contributed by atoms with Gasteiger partial charge in [0.25, 0.3) is 5.92 Å². The van der Waals surface area contributed by atoms with Crippen molar-refractivity contribution in [3.63, 3.8) is 0 Å². The third-order valence-corrected chi connectivity index (χ3v) is 7.08. The van der Waals surface area contributed by atoms with Crippen LogP contribution in [0.25, 0.3) is 11.1 Å². The minimum absolute atomic E-state index is 0.105. The first kappa shape index (κ1) is 25.3. The van der Waals surface area contributed by atoms with E-state index in [0.29, 0.717) is 37.8 Å². The first-order valence-corrected chi connectivity index (χ1v) is 12.1. The van der Waals surface area contributed by atoms with Crippen molar-refractivity contribution in [1.82, 2.24) is 0 Å². The lowest BCUT2D eigenvalue weighted by atomic mass is 9.75. The largest absolute Gasteiger partial charge is 0.254 e. The Morgan fingerprint density at radius 3 is 1.91 bits per heavy atom. The molecule has 0 radical (unpaired) electrons. The molecular formula is C29H28F6. The van der Waals surface area contributed by atoms with Gasteiger partial charge in [0.15, 0.2) is 17.5 Å². The third kappa shape index (κ3) is 5.74. The van der Waals surface area contributed by atoms with E-state index in [1.165, 1.54) is 23.3 Å². The summed E-state index contributed by atoms with van der Waals surface area (Å²) in [4.78, 5) is 0. The van der Waals surface area contributed by atoms with E-state index in [4.69, 9.17) is 0 Å². The first-order chi connectivity index (χ1) is 16.7. The van der Waals surface area contributed by atoms with Gasteiger partial charge in [-0.2, -0.15) is 0 Å². The molecule has 0 atom stereocenters. The zero-order valence-electron chi connectivity index (χ0n) is 19.6. The lowest BCUT2D eigenvalue weighted by molar-refractivity contribution is -0.0715. The average Bonchev–Trinajstić information content (AvgIpc) is 2.83. The van der Waals surface area contributed by atoms with Crippen LogP contribution in [0.1, 0.15) is 61.6 Å². The van der Waals surface area contributed by atoms with Crippen LogP contribution in [0.15, 0.2) is 54.6 Å². The van der Waals surface area contributed by atoms with Crippen LogP contribution in [-0.2, 0) is 12.8 Å². The van der Waals surface area contributed by atoms with E-state index in [0.717, 1.165) is 18.9 Å². The predicted octanol–water partition coefficient (Wildman–Crippen LogP) is 9.01. The standard InChI is InChI=1S/C29H28F6/c1-2-3-18-4-7-20(8-5-18)21-9-11-23(12-10-21)29(34,35)17-19-6-13-24(25(30)14-19)22-15-26(31)28(33)27(32)16-22/h4-8,13-16,21,23H,2-3,9-12,17H2,1H3. The monoisotopic (exact) mass is 490 g/mol. The van der Waals surface area contributed by atoms with Crippen LogP contribution >= 0.6 is 0 Å². The molecule has 0 bridgehead atoms. The Balaban J connectivity index is 1.41. The van der Waals surface area contributed by atoms with Crippen molar-refractivity contribution >= 4 is 0 Å². The molecule has 3 aromatic carbocycles. The summed E-state index contributed by atoms with van der Waals surface area (Å²) in [7, 11) is 0. The Kier molecular flexibility index (Phi) is 7.58. The highest BCUT2D eigenvalue weighted by molar-refractivity contribution is 5.64. The third-order valence-electron chi connectivity index (χ3n) is 7.08. The van der Waals surface area contributed by atoms with Gasteiger partial charge in [-0.25, -0.2) is 26.3 Å². The van der Waals surface area contributed by atoms with E-state index in [9.17, 15) is 17.6 Å². The molecule has 1 aliphatic carbocycles. The molecule has 0 spiro atoms. The normalized spacial score (nSPS) is 18.6. The van der Waals surface area contributed by atoms with Crippen LogP contribution in [0, 0.1) is 29.2 Å². The molecule has 0 aromatic heterocycles. The Morgan fingerprint density at radius 1 is 0.743 bits per heavy atom. The van der Waals surface area contributed by atoms with Crippen molar-refractivity contribution in [2.45, 2.75) is 63.7 Å². The summed E-state index contributed by atoms with van der Waals surface area (Å²) in [5, 5.41) is 0. The lowest BCUT2D eigenvalue weighted by Crippen LogP contribution is -2.33. The number of hydrogen-bond acceptors (Lipinski definition) is 0. The zero-order chi connectivity index (χ0) is 25.2. The molecule has 0 saturated heterocycles. The highest BCUT2D eigenvalue weighted by Gasteiger charge is 2.41. The Hall–Kier alpha value is -2.76. The zero-order valence-corrected chi connectivity index (χ0v) is 19.6. The van der Waals surface area contributed by atoms with Gasteiger partial charge in [0.1, 0.15) is 5.82 Å². The van der Waals surface area contributed by atoms with Crippen LogP contribution in [0.4, 0.5) is 26.3 Å². The number of halogens is 6. The summed E-state index contributed by atoms with van der Waals surface area (Å²) < 4.78 is 85.1. The first-order valence-electron chi connectivity index (χ1n) is 12.1. The molecule has 0 unspecified atom stereocenters.